The fourth-order valence-electron chi connectivity index (χ4n) is 3.48. The fraction of sp³-hybridized carbons (Fsp3) is 0.647. The first-order valence-electron chi connectivity index (χ1n) is 7.80. The summed E-state index contributed by atoms with van der Waals surface area (Å²) in [5.41, 5.74) is 0.0325. The van der Waals surface area contributed by atoms with Crippen LogP contribution in [-0.4, -0.2) is 13.1 Å². The van der Waals surface area contributed by atoms with E-state index in [0.29, 0.717) is 17.4 Å². The molecule has 0 aromatic heterocycles. The lowest BCUT2D eigenvalue weighted by Gasteiger charge is -2.36. The number of nitrogens with one attached hydrogen (secondary N) is 1. The lowest BCUT2D eigenvalue weighted by molar-refractivity contribution is -0.138. The van der Waals surface area contributed by atoms with E-state index in [0.717, 1.165) is 32.4 Å². The Morgan fingerprint density at radius 1 is 1.19 bits per heavy atom. The van der Waals surface area contributed by atoms with E-state index in [9.17, 15) is 13.2 Å². The van der Waals surface area contributed by atoms with Gasteiger partial charge in [-0.2, -0.15) is 13.2 Å². The number of benzene rings is 1. The zero-order valence-corrected chi connectivity index (χ0v) is 12.7. The minimum Gasteiger partial charge on any atom is -0.317 e. The van der Waals surface area contributed by atoms with E-state index in [1.165, 1.54) is 12.1 Å². The van der Waals surface area contributed by atoms with Gasteiger partial charge in [0.1, 0.15) is 0 Å². The average molecular weight is 299 g/mol. The molecule has 1 aromatic rings. The Morgan fingerprint density at radius 3 is 2.57 bits per heavy atom. The molecule has 1 aromatic carbocycles. The summed E-state index contributed by atoms with van der Waals surface area (Å²) in [6.07, 6.45) is -1.30. The van der Waals surface area contributed by atoms with Gasteiger partial charge in [-0.05, 0) is 55.3 Å². The SMILES string of the molecule is CCNCC1CCC(C)CC1c1ccccc1C(F)(F)F. The second-order valence-electron chi connectivity index (χ2n) is 6.18. The first kappa shape index (κ1) is 16.3. The summed E-state index contributed by atoms with van der Waals surface area (Å²) in [5.74, 6) is 0.796. The molecule has 0 radical (unpaired) electrons. The molecule has 1 N–H and O–H groups in total. The van der Waals surface area contributed by atoms with Crippen LogP contribution >= 0.6 is 0 Å². The van der Waals surface area contributed by atoms with E-state index in [1.54, 1.807) is 12.1 Å². The van der Waals surface area contributed by atoms with Gasteiger partial charge in [0.05, 0.1) is 5.56 Å². The molecule has 0 amide bonds. The molecular formula is C17H24F3N. The van der Waals surface area contributed by atoms with Crippen LogP contribution in [-0.2, 0) is 6.18 Å². The Labute approximate surface area is 124 Å². The zero-order chi connectivity index (χ0) is 15.5. The highest BCUT2D eigenvalue weighted by Gasteiger charge is 2.38. The van der Waals surface area contributed by atoms with Crippen molar-refractivity contribution in [1.82, 2.24) is 5.32 Å². The van der Waals surface area contributed by atoms with Gasteiger partial charge in [0, 0.05) is 0 Å². The standard InChI is InChI=1S/C17H24F3N/c1-3-21-11-13-9-8-12(2)10-15(13)14-6-4-5-7-16(14)17(18,19)20/h4-7,12-13,15,21H,3,8-11H2,1-2H3. The van der Waals surface area contributed by atoms with E-state index >= 15 is 0 Å². The normalized spacial score (nSPS) is 26.8. The Bertz CT molecular complexity index is 454. The first-order chi connectivity index (χ1) is 9.93. The molecule has 1 saturated carbocycles. The number of alkyl halides is 3. The van der Waals surface area contributed by atoms with Crippen LogP contribution < -0.4 is 5.32 Å². The van der Waals surface area contributed by atoms with Crippen molar-refractivity contribution >= 4 is 0 Å². The molecule has 21 heavy (non-hydrogen) atoms. The minimum atomic E-state index is -4.26. The van der Waals surface area contributed by atoms with Crippen molar-refractivity contribution in [3.05, 3.63) is 35.4 Å². The van der Waals surface area contributed by atoms with Crippen molar-refractivity contribution in [2.45, 2.75) is 45.2 Å². The molecule has 0 aliphatic heterocycles. The van der Waals surface area contributed by atoms with Crippen molar-refractivity contribution < 1.29 is 13.2 Å². The molecule has 3 atom stereocenters. The number of halogens is 3. The van der Waals surface area contributed by atoms with Gasteiger partial charge in [0.15, 0.2) is 0 Å². The van der Waals surface area contributed by atoms with E-state index in [2.05, 4.69) is 12.2 Å². The second kappa shape index (κ2) is 6.82. The largest absolute Gasteiger partial charge is 0.416 e. The molecule has 118 valence electrons. The smallest absolute Gasteiger partial charge is 0.317 e. The molecule has 0 bridgehead atoms. The highest BCUT2D eigenvalue weighted by molar-refractivity contribution is 5.33. The monoisotopic (exact) mass is 299 g/mol. The summed E-state index contributed by atoms with van der Waals surface area (Å²) in [6.45, 7) is 5.84. The quantitative estimate of drug-likeness (QED) is 0.839. The Hall–Kier alpha value is -1.03. The predicted molar refractivity (Wildman–Crippen MR) is 79.2 cm³/mol. The van der Waals surface area contributed by atoms with Crippen molar-refractivity contribution in [3.8, 4) is 0 Å². The van der Waals surface area contributed by atoms with Gasteiger partial charge >= 0.3 is 6.18 Å². The van der Waals surface area contributed by atoms with Gasteiger partial charge in [-0.15, -0.1) is 0 Å². The Morgan fingerprint density at radius 2 is 1.90 bits per heavy atom. The summed E-state index contributed by atoms with van der Waals surface area (Å²) in [7, 11) is 0. The number of hydrogen-bond acceptors (Lipinski definition) is 1. The van der Waals surface area contributed by atoms with Crippen LogP contribution in [0.3, 0.4) is 0 Å². The first-order valence-corrected chi connectivity index (χ1v) is 7.80. The van der Waals surface area contributed by atoms with Crippen LogP contribution in [0.15, 0.2) is 24.3 Å². The van der Waals surface area contributed by atoms with Crippen LogP contribution in [0.1, 0.15) is 50.2 Å². The summed E-state index contributed by atoms with van der Waals surface area (Å²) in [5, 5.41) is 3.31. The third kappa shape index (κ3) is 4.00. The molecule has 3 unspecified atom stereocenters. The van der Waals surface area contributed by atoms with Crippen molar-refractivity contribution in [3.63, 3.8) is 0 Å². The zero-order valence-electron chi connectivity index (χ0n) is 12.7. The van der Waals surface area contributed by atoms with Crippen molar-refractivity contribution in [2.75, 3.05) is 13.1 Å². The average Bonchev–Trinajstić information content (AvgIpc) is 2.45. The molecule has 1 aliphatic carbocycles. The summed E-state index contributed by atoms with van der Waals surface area (Å²) < 4.78 is 39.8. The van der Waals surface area contributed by atoms with Gasteiger partial charge in [-0.1, -0.05) is 38.5 Å². The van der Waals surface area contributed by atoms with Crippen LogP contribution in [0.25, 0.3) is 0 Å². The van der Waals surface area contributed by atoms with Gasteiger partial charge in [-0.25, -0.2) is 0 Å². The van der Waals surface area contributed by atoms with Crippen LogP contribution in [0, 0.1) is 11.8 Å². The molecule has 1 aliphatic rings. The van der Waals surface area contributed by atoms with Crippen molar-refractivity contribution in [2.24, 2.45) is 11.8 Å². The van der Waals surface area contributed by atoms with Crippen LogP contribution in [0.2, 0.25) is 0 Å². The topological polar surface area (TPSA) is 12.0 Å². The summed E-state index contributed by atoms with van der Waals surface area (Å²) >= 11 is 0. The Balaban J connectivity index is 2.32. The maximum Gasteiger partial charge on any atom is 0.416 e. The van der Waals surface area contributed by atoms with Gasteiger partial charge < -0.3 is 5.32 Å². The minimum absolute atomic E-state index is 0.00521. The van der Waals surface area contributed by atoms with E-state index < -0.39 is 11.7 Å². The maximum absolute atomic E-state index is 13.3. The third-order valence-corrected chi connectivity index (χ3v) is 4.58. The molecule has 0 spiro atoms. The fourth-order valence-corrected chi connectivity index (χ4v) is 3.48. The highest BCUT2D eigenvalue weighted by atomic mass is 19.4. The van der Waals surface area contributed by atoms with Crippen LogP contribution in [0.5, 0.6) is 0 Å². The van der Waals surface area contributed by atoms with E-state index in [4.69, 9.17) is 0 Å². The third-order valence-electron chi connectivity index (χ3n) is 4.58. The second-order valence-corrected chi connectivity index (χ2v) is 6.18. The molecular weight excluding hydrogens is 275 g/mol. The number of rotatable bonds is 4. The molecule has 0 heterocycles. The summed E-state index contributed by atoms with van der Waals surface area (Å²) in [6, 6.07) is 6.11. The lowest BCUT2D eigenvalue weighted by Crippen LogP contribution is -2.32. The number of hydrogen-bond donors (Lipinski definition) is 1. The molecule has 4 heteroatoms. The van der Waals surface area contributed by atoms with Crippen LogP contribution in [0.4, 0.5) is 13.2 Å². The maximum atomic E-state index is 13.3. The molecule has 1 nitrogen and oxygen atoms in total. The molecule has 2 rings (SSSR count). The van der Waals surface area contributed by atoms with Gasteiger partial charge in [0.25, 0.3) is 0 Å². The van der Waals surface area contributed by atoms with E-state index in [1.807, 2.05) is 6.92 Å². The van der Waals surface area contributed by atoms with Crippen molar-refractivity contribution in [1.29, 1.82) is 0 Å². The van der Waals surface area contributed by atoms with Gasteiger partial charge in [0.2, 0.25) is 0 Å². The molecule has 1 fully saturated rings. The predicted octanol–water partition coefficient (Wildman–Crippen LogP) is 4.83. The van der Waals surface area contributed by atoms with Gasteiger partial charge in [-0.3, -0.25) is 0 Å². The highest BCUT2D eigenvalue weighted by Crippen LogP contribution is 2.44. The summed E-state index contributed by atoms with van der Waals surface area (Å²) in [4.78, 5) is 0. The molecule has 0 saturated heterocycles. The Kier molecular flexibility index (Phi) is 5.31. The van der Waals surface area contributed by atoms with E-state index in [-0.39, 0.29) is 5.92 Å². The lowest BCUT2D eigenvalue weighted by atomic mass is 9.70.